The fourth-order valence-electron chi connectivity index (χ4n) is 1.57. The third-order valence-electron chi connectivity index (χ3n) is 2.33. The van der Waals surface area contributed by atoms with Crippen molar-refractivity contribution < 1.29 is 4.74 Å². The minimum absolute atomic E-state index is 0.829. The Morgan fingerprint density at radius 3 is 1.67 bits per heavy atom. The van der Waals surface area contributed by atoms with Crippen LogP contribution in [0.3, 0.4) is 0 Å². The summed E-state index contributed by atoms with van der Waals surface area (Å²) < 4.78 is 5.78. The molecule has 2 aromatic carbocycles. The van der Waals surface area contributed by atoms with E-state index in [1.807, 2.05) is 48.5 Å². The van der Waals surface area contributed by atoms with Gasteiger partial charge in [-0.25, -0.2) is 0 Å². The van der Waals surface area contributed by atoms with Gasteiger partial charge in [-0.3, -0.25) is 0 Å². The molecular weight excluding hydrogens is 184 g/mol. The normalized spacial score (nSPS) is 11.2. The summed E-state index contributed by atoms with van der Waals surface area (Å²) in [5, 5.41) is 0. The number of hydrogen-bond acceptors (Lipinski definition) is 1. The zero-order valence-corrected chi connectivity index (χ0v) is 8.03. The zero-order chi connectivity index (χ0) is 10.1. The molecule has 1 aliphatic heterocycles. The van der Waals surface area contributed by atoms with Gasteiger partial charge in [0.05, 0.1) is 11.1 Å². The lowest BCUT2D eigenvalue weighted by Crippen LogP contribution is -1.87. The van der Waals surface area contributed by atoms with E-state index in [9.17, 15) is 0 Å². The van der Waals surface area contributed by atoms with Crippen LogP contribution in [0, 0.1) is 11.8 Å². The molecule has 1 heteroatoms. The van der Waals surface area contributed by atoms with E-state index in [0.717, 1.165) is 22.6 Å². The summed E-state index contributed by atoms with van der Waals surface area (Å²) in [5.41, 5.74) is 1.88. The van der Waals surface area contributed by atoms with E-state index in [2.05, 4.69) is 11.8 Å². The van der Waals surface area contributed by atoms with E-state index in [4.69, 9.17) is 4.74 Å². The van der Waals surface area contributed by atoms with Crippen molar-refractivity contribution >= 4 is 0 Å². The van der Waals surface area contributed by atoms with Crippen LogP contribution in [-0.2, 0) is 0 Å². The largest absolute Gasteiger partial charge is 0.455 e. The van der Waals surface area contributed by atoms with E-state index in [-0.39, 0.29) is 0 Å². The first-order chi connectivity index (χ1) is 7.43. The molecule has 0 saturated heterocycles. The molecule has 70 valence electrons. The Morgan fingerprint density at radius 2 is 1.13 bits per heavy atom. The number of benzene rings is 2. The van der Waals surface area contributed by atoms with Crippen LogP contribution < -0.4 is 4.74 Å². The first-order valence-corrected chi connectivity index (χ1v) is 4.81. The third kappa shape index (κ3) is 1.37. The van der Waals surface area contributed by atoms with Gasteiger partial charge >= 0.3 is 0 Å². The molecule has 15 heavy (non-hydrogen) atoms. The van der Waals surface area contributed by atoms with Crippen molar-refractivity contribution in [3.05, 3.63) is 59.7 Å². The van der Waals surface area contributed by atoms with Crippen molar-refractivity contribution in [1.29, 1.82) is 0 Å². The zero-order valence-electron chi connectivity index (χ0n) is 8.03. The van der Waals surface area contributed by atoms with Crippen LogP contribution in [0.1, 0.15) is 11.1 Å². The molecule has 0 fully saturated rings. The molecule has 1 aliphatic rings. The van der Waals surface area contributed by atoms with Crippen LogP contribution >= 0.6 is 0 Å². The lowest BCUT2D eigenvalue weighted by Gasteiger charge is -2.06. The minimum atomic E-state index is 0.829. The Morgan fingerprint density at radius 1 is 0.667 bits per heavy atom. The first-order valence-electron chi connectivity index (χ1n) is 4.81. The Kier molecular flexibility index (Phi) is 1.73. The van der Waals surface area contributed by atoms with Crippen molar-refractivity contribution in [2.75, 3.05) is 0 Å². The summed E-state index contributed by atoms with van der Waals surface area (Å²) in [7, 11) is 0. The maximum absolute atomic E-state index is 5.78. The molecule has 0 unspecified atom stereocenters. The Hall–Kier alpha value is -2.20. The SMILES string of the molecule is C1#Cc2ccccc2Oc2ccccc21. The molecule has 0 bridgehead atoms. The minimum Gasteiger partial charge on any atom is -0.455 e. The predicted octanol–water partition coefficient (Wildman–Crippen LogP) is 3.19. The van der Waals surface area contributed by atoms with Gasteiger partial charge in [0.25, 0.3) is 0 Å². The summed E-state index contributed by atoms with van der Waals surface area (Å²) >= 11 is 0. The highest BCUT2D eigenvalue weighted by Crippen LogP contribution is 2.29. The van der Waals surface area contributed by atoms with Gasteiger partial charge in [-0.05, 0) is 24.3 Å². The van der Waals surface area contributed by atoms with E-state index in [1.54, 1.807) is 0 Å². The summed E-state index contributed by atoms with van der Waals surface area (Å²) in [6, 6.07) is 15.6. The lowest BCUT2D eigenvalue weighted by atomic mass is 10.2. The molecular formula is C14H8O. The van der Waals surface area contributed by atoms with Crippen molar-refractivity contribution in [2.24, 2.45) is 0 Å². The maximum atomic E-state index is 5.78. The highest BCUT2D eigenvalue weighted by atomic mass is 16.5. The molecule has 1 heterocycles. The smallest absolute Gasteiger partial charge is 0.143 e. The molecule has 0 aliphatic carbocycles. The first kappa shape index (κ1) is 8.14. The Bertz CT molecular complexity index is 524. The van der Waals surface area contributed by atoms with Gasteiger partial charge in [0.1, 0.15) is 11.5 Å². The fraction of sp³-hybridized carbons (Fsp3) is 0. The molecule has 0 aromatic heterocycles. The average Bonchev–Trinajstić information content (AvgIpc) is 2.48. The Balaban J connectivity index is 2.22. The number of hydrogen-bond donors (Lipinski definition) is 0. The molecule has 0 saturated carbocycles. The second-order valence-electron chi connectivity index (χ2n) is 3.34. The average molecular weight is 192 g/mol. The predicted molar refractivity (Wildman–Crippen MR) is 58.9 cm³/mol. The standard InChI is InChI=1S/C14H8O/c1-3-7-13-11(5-1)9-10-12-6-2-4-8-14(12)15-13/h1-8H. The van der Waals surface area contributed by atoms with Crippen molar-refractivity contribution in [3.8, 4) is 23.3 Å². The number of ether oxygens (including phenoxy) is 1. The van der Waals surface area contributed by atoms with Gasteiger partial charge in [0, 0.05) is 0 Å². The topological polar surface area (TPSA) is 9.23 Å². The lowest BCUT2D eigenvalue weighted by molar-refractivity contribution is 0.481. The van der Waals surface area contributed by atoms with Crippen LogP contribution in [0.4, 0.5) is 0 Å². The van der Waals surface area contributed by atoms with Gasteiger partial charge in [-0.1, -0.05) is 36.1 Å². The van der Waals surface area contributed by atoms with E-state index in [1.165, 1.54) is 0 Å². The second kappa shape index (κ2) is 3.18. The molecule has 0 spiro atoms. The van der Waals surface area contributed by atoms with E-state index in [0.29, 0.717) is 0 Å². The molecule has 0 amide bonds. The van der Waals surface area contributed by atoms with Gasteiger partial charge in [-0.2, -0.15) is 0 Å². The monoisotopic (exact) mass is 192 g/mol. The molecule has 0 radical (unpaired) electrons. The van der Waals surface area contributed by atoms with E-state index >= 15 is 0 Å². The van der Waals surface area contributed by atoms with Crippen LogP contribution in [0.15, 0.2) is 48.5 Å². The molecule has 2 aromatic rings. The van der Waals surface area contributed by atoms with Crippen LogP contribution in [0.5, 0.6) is 11.5 Å². The van der Waals surface area contributed by atoms with Crippen LogP contribution in [-0.4, -0.2) is 0 Å². The molecule has 0 N–H and O–H groups in total. The third-order valence-corrected chi connectivity index (χ3v) is 2.33. The van der Waals surface area contributed by atoms with Gasteiger partial charge < -0.3 is 4.74 Å². The summed E-state index contributed by atoms with van der Waals surface area (Å²) in [6.45, 7) is 0. The Labute approximate surface area is 88.3 Å². The van der Waals surface area contributed by atoms with Crippen molar-refractivity contribution in [1.82, 2.24) is 0 Å². The quantitative estimate of drug-likeness (QED) is 0.497. The molecule has 0 atom stereocenters. The summed E-state index contributed by atoms with van der Waals surface area (Å²) in [4.78, 5) is 0. The van der Waals surface area contributed by atoms with E-state index < -0.39 is 0 Å². The molecule has 1 nitrogen and oxygen atoms in total. The summed E-state index contributed by atoms with van der Waals surface area (Å²) in [5.74, 6) is 7.87. The van der Waals surface area contributed by atoms with Crippen molar-refractivity contribution in [3.63, 3.8) is 0 Å². The van der Waals surface area contributed by atoms with Crippen LogP contribution in [0.2, 0.25) is 0 Å². The second-order valence-corrected chi connectivity index (χ2v) is 3.34. The highest BCUT2D eigenvalue weighted by molar-refractivity contribution is 5.57. The number of fused-ring (bicyclic) bond motifs is 2. The summed E-state index contributed by atoms with van der Waals surface area (Å²) in [6.07, 6.45) is 0. The fourth-order valence-corrected chi connectivity index (χ4v) is 1.57. The number of para-hydroxylation sites is 2. The maximum Gasteiger partial charge on any atom is 0.143 e. The molecule has 3 rings (SSSR count). The highest BCUT2D eigenvalue weighted by Gasteiger charge is 2.08. The van der Waals surface area contributed by atoms with Gasteiger partial charge in [0.2, 0.25) is 0 Å². The van der Waals surface area contributed by atoms with Crippen LogP contribution in [0.25, 0.3) is 0 Å². The van der Waals surface area contributed by atoms with Gasteiger partial charge in [-0.15, -0.1) is 0 Å². The van der Waals surface area contributed by atoms with Gasteiger partial charge in [0.15, 0.2) is 0 Å². The van der Waals surface area contributed by atoms with Crippen molar-refractivity contribution in [2.45, 2.75) is 0 Å². The number of rotatable bonds is 0.